The van der Waals surface area contributed by atoms with E-state index in [9.17, 15) is 21.6 Å². The molecule has 1 fully saturated rings. The summed E-state index contributed by atoms with van der Waals surface area (Å²) in [7, 11) is -3.47. The molecule has 0 saturated carbocycles. The molecule has 1 aromatic heterocycles. The number of aromatic nitrogens is 2. The molecule has 7 nitrogen and oxygen atoms in total. The van der Waals surface area contributed by atoms with E-state index in [1.54, 1.807) is 18.2 Å². The summed E-state index contributed by atoms with van der Waals surface area (Å²) in [6.07, 6.45) is -2.47. The first kappa shape index (κ1) is 22.6. The third kappa shape index (κ3) is 5.22. The van der Waals surface area contributed by atoms with E-state index in [0.29, 0.717) is 53.8 Å². The highest BCUT2D eigenvalue weighted by Crippen LogP contribution is 2.31. The van der Waals surface area contributed by atoms with Gasteiger partial charge in [0.05, 0.1) is 48.5 Å². The lowest BCUT2D eigenvalue weighted by Crippen LogP contribution is -2.21. The van der Waals surface area contributed by atoms with Crippen LogP contribution in [0.3, 0.4) is 0 Å². The number of fused-ring (bicyclic) bond motifs is 1. The van der Waals surface area contributed by atoms with Crippen LogP contribution in [-0.2, 0) is 27.5 Å². The van der Waals surface area contributed by atoms with Gasteiger partial charge in [-0.05, 0) is 48.9 Å². The molecular formula is C21H22F3N3O4S. The predicted octanol–water partition coefficient (Wildman–Crippen LogP) is 3.51. The number of nitrogens with one attached hydrogen (secondary N) is 1. The topological polar surface area (TPSA) is 82.5 Å². The van der Waals surface area contributed by atoms with Crippen LogP contribution < -0.4 is 9.46 Å². The Morgan fingerprint density at radius 2 is 1.97 bits per heavy atom. The van der Waals surface area contributed by atoms with Gasteiger partial charge in [-0.1, -0.05) is 0 Å². The van der Waals surface area contributed by atoms with Gasteiger partial charge in [-0.25, -0.2) is 17.8 Å². The molecule has 1 atom stereocenters. The van der Waals surface area contributed by atoms with Crippen LogP contribution in [0.2, 0.25) is 0 Å². The summed E-state index contributed by atoms with van der Waals surface area (Å²) in [5, 5.41) is 5.11. The highest BCUT2D eigenvalue weighted by molar-refractivity contribution is 7.88. The molecule has 2 heterocycles. The molecule has 2 aromatic carbocycles. The monoisotopic (exact) mass is 469 g/mol. The van der Waals surface area contributed by atoms with Gasteiger partial charge in [-0.15, -0.1) is 0 Å². The number of halogens is 3. The Bertz CT molecular complexity index is 1200. The summed E-state index contributed by atoms with van der Waals surface area (Å²) < 4.78 is 77.0. The lowest BCUT2D eigenvalue weighted by molar-refractivity contribution is -0.137. The Morgan fingerprint density at radius 1 is 1.22 bits per heavy atom. The third-order valence-electron chi connectivity index (χ3n) is 5.18. The van der Waals surface area contributed by atoms with Gasteiger partial charge in [0.2, 0.25) is 10.0 Å². The first-order chi connectivity index (χ1) is 15.1. The normalized spacial score (nSPS) is 17.2. The minimum atomic E-state index is -4.44. The fourth-order valence-electron chi connectivity index (χ4n) is 3.50. The maximum absolute atomic E-state index is 12.9. The summed E-state index contributed by atoms with van der Waals surface area (Å²) in [5.41, 5.74) is 0.709. The van der Waals surface area contributed by atoms with Crippen LogP contribution in [0.4, 0.5) is 13.2 Å². The van der Waals surface area contributed by atoms with E-state index in [0.717, 1.165) is 24.8 Å². The fourth-order valence-corrected chi connectivity index (χ4v) is 3.90. The molecule has 1 unspecified atom stereocenters. The second-order valence-corrected chi connectivity index (χ2v) is 9.55. The SMILES string of the molecule is CS(=O)(=O)NCc1nn(-c2ccc(C(F)(F)F)cc2)c2ccc(OCC3CCOC3)cc12. The van der Waals surface area contributed by atoms with E-state index in [4.69, 9.17) is 9.47 Å². The minimum Gasteiger partial charge on any atom is -0.493 e. The smallest absolute Gasteiger partial charge is 0.416 e. The van der Waals surface area contributed by atoms with Crippen molar-refractivity contribution in [2.45, 2.75) is 19.1 Å². The number of nitrogens with zero attached hydrogens (tertiary/aromatic N) is 2. The van der Waals surface area contributed by atoms with Crippen molar-refractivity contribution in [3.8, 4) is 11.4 Å². The van der Waals surface area contributed by atoms with Gasteiger partial charge < -0.3 is 9.47 Å². The first-order valence-electron chi connectivity index (χ1n) is 9.94. The van der Waals surface area contributed by atoms with Gasteiger partial charge >= 0.3 is 6.18 Å². The summed E-state index contributed by atoms with van der Waals surface area (Å²) in [4.78, 5) is 0. The lowest BCUT2D eigenvalue weighted by Gasteiger charge is -2.11. The number of hydrogen-bond acceptors (Lipinski definition) is 5. The number of hydrogen-bond donors (Lipinski definition) is 1. The van der Waals surface area contributed by atoms with Gasteiger partial charge in [0.25, 0.3) is 0 Å². The standard InChI is InChI=1S/C21H22F3N3O4S/c1-32(28,29)25-11-19-18-10-17(31-13-14-8-9-30-12-14)6-7-20(18)27(26-19)16-4-2-15(3-5-16)21(22,23)24/h2-7,10,14,25H,8-9,11-13H2,1H3. The van der Waals surface area contributed by atoms with E-state index in [-0.39, 0.29) is 6.54 Å². The molecule has 3 aromatic rings. The van der Waals surface area contributed by atoms with Crippen LogP contribution in [0.25, 0.3) is 16.6 Å². The molecule has 0 radical (unpaired) electrons. The number of alkyl halides is 3. The number of ether oxygens (including phenoxy) is 2. The number of benzene rings is 2. The Balaban J connectivity index is 1.68. The van der Waals surface area contributed by atoms with Gasteiger partial charge in [0.1, 0.15) is 5.75 Å². The highest BCUT2D eigenvalue weighted by Gasteiger charge is 2.30. The second-order valence-electron chi connectivity index (χ2n) is 7.72. The fraction of sp³-hybridized carbons (Fsp3) is 0.381. The van der Waals surface area contributed by atoms with Gasteiger partial charge in [-0.3, -0.25) is 0 Å². The van der Waals surface area contributed by atoms with Crippen molar-refractivity contribution in [3.05, 3.63) is 53.7 Å². The minimum absolute atomic E-state index is 0.0666. The van der Waals surface area contributed by atoms with E-state index in [2.05, 4.69) is 9.82 Å². The lowest BCUT2D eigenvalue weighted by atomic mass is 10.1. The molecule has 172 valence electrons. The van der Waals surface area contributed by atoms with E-state index in [1.807, 2.05) is 0 Å². The molecule has 32 heavy (non-hydrogen) atoms. The molecule has 0 amide bonds. The molecule has 1 aliphatic heterocycles. The molecule has 0 bridgehead atoms. The predicted molar refractivity (Wildman–Crippen MR) is 112 cm³/mol. The van der Waals surface area contributed by atoms with Crippen LogP contribution in [-0.4, -0.2) is 44.3 Å². The van der Waals surface area contributed by atoms with Gasteiger partial charge in [0.15, 0.2) is 0 Å². The van der Waals surface area contributed by atoms with Crippen LogP contribution in [0, 0.1) is 5.92 Å². The Labute approximate surface area is 183 Å². The Hall–Kier alpha value is -2.63. The molecule has 0 aliphatic carbocycles. The molecule has 1 saturated heterocycles. The summed E-state index contributed by atoms with van der Waals surface area (Å²) >= 11 is 0. The maximum atomic E-state index is 12.9. The van der Waals surface area contributed by atoms with Gasteiger partial charge in [-0.2, -0.15) is 18.3 Å². The van der Waals surface area contributed by atoms with Crippen molar-refractivity contribution in [3.63, 3.8) is 0 Å². The number of rotatable bonds is 7. The molecule has 4 rings (SSSR count). The van der Waals surface area contributed by atoms with Crippen LogP contribution in [0.15, 0.2) is 42.5 Å². The zero-order valence-corrected chi connectivity index (χ0v) is 18.0. The van der Waals surface area contributed by atoms with Gasteiger partial charge in [0, 0.05) is 17.9 Å². The van der Waals surface area contributed by atoms with Crippen molar-refractivity contribution in [2.75, 3.05) is 26.1 Å². The Morgan fingerprint density at radius 3 is 2.59 bits per heavy atom. The maximum Gasteiger partial charge on any atom is 0.416 e. The van der Waals surface area contributed by atoms with E-state index < -0.39 is 21.8 Å². The quantitative estimate of drug-likeness (QED) is 0.573. The first-order valence-corrected chi connectivity index (χ1v) is 11.8. The average Bonchev–Trinajstić information content (AvgIpc) is 3.37. The van der Waals surface area contributed by atoms with Crippen molar-refractivity contribution in [1.29, 1.82) is 0 Å². The van der Waals surface area contributed by atoms with Crippen LogP contribution >= 0.6 is 0 Å². The van der Waals surface area contributed by atoms with E-state index >= 15 is 0 Å². The Kier molecular flexibility index (Phi) is 6.15. The zero-order chi connectivity index (χ0) is 22.9. The molecule has 11 heteroatoms. The molecular weight excluding hydrogens is 447 g/mol. The van der Waals surface area contributed by atoms with Crippen molar-refractivity contribution in [2.24, 2.45) is 5.92 Å². The second kappa shape index (κ2) is 8.72. The zero-order valence-electron chi connectivity index (χ0n) is 17.2. The molecule has 1 N–H and O–H groups in total. The van der Waals surface area contributed by atoms with Crippen molar-refractivity contribution < 1.29 is 31.1 Å². The highest BCUT2D eigenvalue weighted by atomic mass is 32.2. The summed E-state index contributed by atoms with van der Waals surface area (Å²) in [6.45, 7) is 1.80. The van der Waals surface area contributed by atoms with Crippen LogP contribution in [0.5, 0.6) is 5.75 Å². The molecule has 0 spiro atoms. The average molecular weight is 469 g/mol. The third-order valence-corrected chi connectivity index (χ3v) is 5.85. The largest absolute Gasteiger partial charge is 0.493 e. The van der Waals surface area contributed by atoms with Crippen LogP contribution in [0.1, 0.15) is 17.7 Å². The number of sulfonamides is 1. The summed E-state index contributed by atoms with van der Waals surface area (Å²) in [6, 6.07) is 9.90. The van der Waals surface area contributed by atoms with Crippen molar-refractivity contribution in [1.82, 2.24) is 14.5 Å². The summed E-state index contributed by atoms with van der Waals surface area (Å²) in [5.74, 6) is 0.906. The molecule has 1 aliphatic rings. The van der Waals surface area contributed by atoms with Crippen molar-refractivity contribution >= 4 is 20.9 Å². The van der Waals surface area contributed by atoms with E-state index in [1.165, 1.54) is 16.8 Å².